The van der Waals surface area contributed by atoms with Gasteiger partial charge >= 0.3 is 0 Å². The number of rotatable bonds is 13. The van der Waals surface area contributed by atoms with E-state index in [-0.39, 0.29) is 23.5 Å². The maximum atomic E-state index is 11.8. The number of nitrogens with one attached hydrogen (secondary N) is 2. The molecule has 0 spiro atoms. The van der Waals surface area contributed by atoms with Crippen molar-refractivity contribution in [2.24, 2.45) is 11.7 Å². The van der Waals surface area contributed by atoms with Crippen molar-refractivity contribution in [2.45, 2.75) is 52.0 Å². The van der Waals surface area contributed by atoms with Crippen LogP contribution < -0.4 is 20.5 Å². The number of Topliss-reactive ketones (excluding diaryl/α,β-unsaturated/α-hetero) is 1. The Morgan fingerprint density at radius 3 is 2.03 bits per heavy atom. The lowest BCUT2D eigenvalue weighted by molar-refractivity contribution is -0.124. The molecule has 1 heterocycles. The molecular formula is C31H42N4O4. The van der Waals surface area contributed by atoms with Crippen LogP contribution in [0.5, 0.6) is 11.5 Å². The molecule has 8 nitrogen and oxygen atoms in total. The summed E-state index contributed by atoms with van der Waals surface area (Å²) in [7, 11) is 3.24. The van der Waals surface area contributed by atoms with Gasteiger partial charge in [0.05, 0.1) is 38.5 Å². The Hall–Kier alpha value is -3.91. The predicted octanol–water partition coefficient (Wildman–Crippen LogP) is 5.12. The lowest BCUT2D eigenvalue weighted by atomic mass is 9.84. The maximum Gasteiger partial charge on any atom is 0.223 e. The zero-order valence-corrected chi connectivity index (χ0v) is 23.6. The Labute approximate surface area is 232 Å². The smallest absolute Gasteiger partial charge is 0.223 e. The van der Waals surface area contributed by atoms with Gasteiger partial charge in [-0.3, -0.25) is 9.59 Å². The first-order valence-electron chi connectivity index (χ1n) is 13.3. The Balaban J connectivity index is 0.000000283. The van der Waals surface area contributed by atoms with Crippen LogP contribution in [0.4, 0.5) is 0 Å². The molecule has 39 heavy (non-hydrogen) atoms. The molecule has 0 saturated heterocycles. The van der Waals surface area contributed by atoms with E-state index in [9.17, 15) is 9.59 Å². The second kappa shape index (κ2) is 16.8. The van der Waals surface area contributed by atoms with Gasteiger partial charge in [0.1, 0.15) is 17.3 Å². The van der Waals surface area contributed by atoms with E-state index in [0.717, 1.165) is 47.6 Å². The Morgan fingerprint density at radius 2 is 1.59 bits per heavy atom. The summed E-state index contributed by atoms with van der Waals surface area (Å²) in [6, 6.07) is 14.7. The van der Waals surface area contributed by atoms with Crippen LogP contribution >= 0.6 is 0 Å². The normalized spacial score (nSPS) is 12.4. The van der Waals surface area contributed by atoms with Crippen molar-refractivity contribution in [3.8, 4) is 11.5 Å². The number of unbranched alkanes of at least 4 members (excludes halogenated alkanes) is 1. The first kappa shape index (κ1) is 31.3. The van der Waals surface area contributed by atoms with Crippen molar-refractivity contribution >= 4 is 17.8 Å². The molecule has 1 amide bonds. The maximum absolute atomic E-state index is 11.8. The van der Waals surface area contributed by atoms with Crippen LogP contribution in [0, 0.1) is 5.92 Å². The standard InChI is InChI=1S/C18H21NO3.C13H21N3O/c1-12(20)18(19)17(13-4-8-15(21-2)9-5-13)14-6-10-16(22-3)11-7-14;1-3-4-6-11(2)13(17)15-8-5-7-12-9-14-10-16-12/h4-11,17-18H,19H2,1-3H3;5,7,9-11H,3-4,6,8H2,1-2H3,(H,14,16)(H,15,17)/b;7-5+/t18-;11-/m00/s1. The summed E-state index contributed by atoms with van der Waals surface area (Å²) in [5.41, 5.74) is 9.06. The molecule has 1 aromatic heterocycles. The van der Waals surface area contributed by atoms with Crippen molar-refractivity contribution in [3.63, 3.8) is 0 Å². The molecule has 0 aliphatic rings. The summed E-state index contributed by atoms with van der Waals surface area (Å²) >= 11 is 0. The topological polar surface area (TPSA) is 119 Å². The average molecular weight is 535 g/mol. The third-order valence-electron chi connectivity index (χ3n) is 6.43. The van der Waals surface area contributed by atoms with Gasteiger partial charge in [0.15, 0.2) is 0 Å². The molecule has 4 N–H and O–H groups in total. The fourth-order valence-electron chi connectivity index (χ4n) is 3.98. The van der Waals surface area contributed by atoms with Gasteiger partial charge in [0.25, 0.3) is 0 Å². The minimum Gasteiger partial charge on any atom is -0.497 e. The van der Waals surface area contributed by atoms with E-state index in [2.05, 4.69) is 22.2 Å². The molecule has 0 bridgehead atoms. The van der Waals surface area contributed by atoms with Gasteiger partial charge in [-0.15, -0.1) is 0 Å². The van der Waals surface area contributed by atoms with Gasteiger partial charge in [-0.2, -0.15) is 0 Å². The number of ketones is 1. The summed E-state index contributed by atoms with van der Waals surface area (Å²) in [5, 5.41) is 2.89. The predicted molar refractivity (Wildman–Crippen MR) is 156 cm³/mol. The second-order valence-electron chi connectivity index (χ2n) is 9.36. The number of carbonyl (C=O) groups excluding carboxylic acids is 2. The minimum atomic E-state index is -0.596. The molecular weight excluding hydrogens is 492 g/mol. The molecule has 2 atom stereocenters. The molecule has 0 saturated carbocycles. The third-order valence-corrected chi connectivity index (χ3v) is 6.43. The van der Waals surface area contributed by atoms with Gasteiger partial charge in [-0.1, -0.05) is 57.0 Å². The van der Waals surface area contributed by atoms with E-state index in [1.54, 1.807) is 26.7 Å². The first-order valence-corrected chi connectivity index (χ1v) is 13.3. The highest BCUT2D eigenvalue weighted by molar-refractivity contribution is 5.83. The molecule has 0 radical (unpaired) electrons. The molecule has 210 valence electrons. The van der Waals surface area contributed by atoms with Crippen LogP contribution in [0.25, 0.3) is 6.08 Å². The summed E-state index contributed by atoms with van der Waals surface area (Å²) in [6.07, 6.45) is 10.4. The van der Waals surface area contributed by atoms with Gasteiger partial charge in [0, 0.05) is 18.4 Å². The summed E-state index contributed by atoms with van der Waals surface area (Å²) in [6.45, 7) is 6.19. The molecule has 3 aromatic rings. The van der Waals surface area contributed by atoms with E-state index in [4.69, 9.17) is 15.2 Å². The average Bonchev–Trinajstić information content (AvgIpc) is 3.48. The van der Waals surface area contributed by atoms with Gasteiger partial charge < -0.3 is 25.5 Å². The van der Waals surface area contributed by atoms with Crippen molar-refractivity contribution < 1.29 is 19.1 Å². The molecule has 0 fully saturated rings. The van der Waals surface area contributed by atoms with Gasteiger partial charge in [-0.25, -0.2) is 4.98 Å². The van der Waals surface area contributed by atoms with E-state index < -0.39 is 6.04 Å². The number of carbonyl (C=O) groups is 2. The van der Waals surface area contributed by atoms with Crippen molar-refractivity contribution in [1.82, 2.24) is 15.3 Å². The molecule has 8 heteroatoms. The number of imidazole rings is 1. The lowest BCUT2D eigenvalue weighted by Gasteiger charge is -2.23. The number of nitrogens with two attached hydrogens (primary N) is 1. The fraction of sp³-hybridized carbons (Fsp3) is 0.387. The van der Waals surface area contributed by atoms with Crippen LogP contribution in [0.2, 0.25) is 0 Å². The fourth-order valence-corrected chi connectivity index (χ4v) is 3.98. The third kappa shape index (κ3) is 10.4. The summed E-state index contributed by atoms with van der Waals surface area (Å²) in [5.74, 6) is 1.54. The zero-order chi connectivity index (χ0) is 28.6. The Kier molecular flexibility index (Phi) is 13.5. The number of hydrogen-bond donors (Lipinski definition) is 3. The van der Waals surface area contributed by atoms with Crippen LogP contribution in [0.3, 0.4) is 0 Å². The number of methoxy groups -OCH3 is 2. The van der Waals surface area contributed by atoms with Gasteiger partial charge in [0.2, 0.25) is 5.91 Å². The first-order chi connectivity index (χ1) is 18.8. The number of benzene rings is 2. The van der Waals surface area contributed by atoms with Crippen LogP contribution in [-0.4, -0.2) is 48.5 Å². The number of aromatic amines is 1. The number of hydrogen-bond acceptors (Lipinski definition) is 6. The van der Waals surface area contributed by atoms with Crippen molar-refractivity contribution in [2.75, 3.05) is 20.8 Å². The van der Waals surface area contributed by atoms with Crippen molar-refractivity contribution in [3.05, 3.63) is 84.0 Å². The van der Waals surface area contributed by atoms with Crippen LogP contribution in [-0.2, 0) is 9.59 Å². The largest absolute Gasteiger partial charge is 0.497 e. The number of aromatic nitrogens is 2. The zero-order valence-electron chi connectivity index (χ0n) is 23.6. The quantitative estimate of drug-likeness (QED) is 0.280. The molecule has 3 rings (SSSR count). The Morgan fingerprint density at radius 1 is 1.03 bits per heavy atom. The number of amides is 1. The van der Waals surface area contributed by atoms with Gasteiger partial charge in [-0.05, 0) is 54.8 Å². The minimum absolute atomic E-state index is 0.0448. The van der Waals surface area contributed by atoms with Crippen LogP contribution in [0.1, 0.15) is 62.8 Å². The second-order valence-corrected chi connectivity index (χ2v) is 9.36. The lowest BCUT2D eigenvalue weighted by Crippen LogP contribution is -2.35. The molecule has 0 aliphatic heterocycles. The molecule has 0 aliphatic carbocycles. The highest BCUT2D eigenvalue weighted by atomic mass is 16.5. The highest BCUT2D eigenvalue weighted by Crippen LogP contribution is 2.30. The monoisotopic (exact) mass is 534 g/mol. The number of ether oxygens (including phenoxy) is 2. The Bertz CT molecular complexity index is 1090. The highest BCUT2D eigenvalue weighted by Gasteiger charge is 2.25. The van der Waals surface area contributed by atoms with E-state index in [1.807, 2.05) is 67.6 Å². The molecule has 2 aromatic carbocycles. The van der Waals surface area contributed by atoms with E-state index >= 15 is 0 Å². The van der Waals surface area contributed by atoms with E-state index in [1.165, 1.54) is 6.92 Å². The SMILES string of the molecule is CCCC[C@H](C)C(=O)NC/C=C/c1cnc[nH]1.COc1ccc(C(c2ccc(OC)cc2)[C@@H](N)C(C)=O)cc1. The number of nitrogens with zero attached hydrogens (tertiary/aromatic N) is 1. The van der Waals surface area contributed by atoms with Crippen LogP contribution in [0.15, 0.2) is 67.1 Å². The van der Waals surface area contributed by atoms with E-state index in [0.29, 0.717) is 6.54 Å². The molecule has 0 unspecified atom stereocenters. The summed E-state index contributed by atoms with van der Waals surface area (Å²) in [4.78, 5) is 30.3. The van der Waals surface area contributed by atoms with Crippen molar-refractivity contribution in [1.29, 1.82) is 0 Å². The summed E-state index contributed by atoms with van der Waals surface area (Å²) < 4.78 is 10.4. The number of H-pyrrole nitrogens is 1.